The molecule has 1 N–H and O–H groups in total. The number of hydrogen-bond donors (Lipinski definition) is 1. The van der Waals surface area contributed by atoms with Gasteiger partial charge in [-0.1, -0.05) is 20.8 Å². The number of rotatable bonds is 7. The third-order valence-electron chi connectivity index (χ3n) is 3.74. The van der Waals surface area contributed by atoms with Crippen LogP contribution in [-0.4, -0.2) is 20.7 Å². The van der Waals surface area contributed by atoms with Gasteiger partial charge in [0.05, 0.1) is 0 Å². The van der Waals surface area contributed by atoms with Crippen LogP contribution in [0.3, 0.4) is 0 Å². The van der Waals surface area contributed by atoms with Crippen LogP contribution in [0, 0.1) is 5.92 Å². The molecule has 2 heterocycles. The number of nitrogens with zero attached hydrogens (tertiary/aromatic N) is 3. The molecule has 2 rings (SSSR count). The van der Waals surface area contributed by atoms with Crippen molar-refractivity contribution in [2.45, 2.75) is 39.8 Å². The van der Waals surface area contributed by atoms with Crippen molar-refractivity contribution in [3.63, 3.8) is 0 Å². The molecule has 0 bridgehead atoms. The Morgan fingerprint density at radius 1 is 1.30 bits per heavy atom. The van der Waals surface area contributed by atoms with Gasteiger partial charge in [0.15, 0.2) is 0 Å². The average Bonchev–Trinajstić information content (AvgIpc) is 3.02. The summed E-state index contributed by atoms with van der Waals surface area (Å²) in [5.41, 5.74) is 1.38. The smallest absolute Gasteiger partial charge is 0.110 e. The number of imidazole rings is 1. The lowest BCUT2D eigenvalue weighted by atomic mass is 9.98. The van der Waals surface area contributed by atoms with Gasteiger partial charge in [-0.2, -0.15) is 0 Å². The highest BCUT2D eigenvalue weighted by molar-refractivity contribution is 5.16. The molecule has 2 aromatic heterocycles. The number of nitrogens with one attached hydrogen (secondary N) is 1. The first-order valence-corrected chi connectivity index (χ1v) is 7.47. The molecule has 0 aliphatic heterocycles. The second-order valence-electron chi connectivity index (χ2n) is 5.67. The predicted octanol–water partition coefficient (Wildman–Crippen LogP) is 2.77. The summed E-state index contributed by atoms with van der Waals surface area (Å²) in [6, 6.07) is 2.67. The van der Waals surface area contributed by atoms with E-state index in [9.17, 15) is 0 Å². The third-order valence-corrected chi connectivity index (χ3v) is 3.74. The van der Waals surface area contributed by atoms with Gasteiger partial charge in [-0.05, 0) is 24.1 Å². The fourth-order valence-electron chi connectivity index (χ4n) is 2.61. The zero-order valence-electron chi connectivity index (χ0n) is 13.0. The van der Waals surface area contributed by atoms with E-state index in [0.29, 0.717) is 12.0 Å². The lowest BCUT2D eigenvalue weighted by Gasteiger charge is -2.20. The van der Waals surface area contributed by atoms with E-state index in [1.807, 2.05) is 19.4 Å². The predicted molar refractivity (Wildman–Crippen MR) is 82.6 cm³/mol. The molecule has 0 fully saturated rings. The fourth-order valence-corrected chi connectivity index (χ4v) is 2.61. The monoisotopic (exact) mass is 274 g/mol. The topological polar surface area (TPSA) is 34.8 Å². The molecular formula is C16H26N4. The summed E-state index contributed by atoms with van der Waals surface area (Å²) in [7, 11) is 2.05. The van der Waals surface area contributed by atoms with Gasteiger partial charge < -0.3 is 14.5 Å². The third kappa shape index (κ3) is 3.51. The highest BCUT2D eigenvalue weighted by Gasteiger charge is 2.15. The highest BCUT2D eigenvalue weighted by atomic mass is 15.0. The second kappa shape index (κ2) is 6.75. The largest absolute Gasteiger partial charge is 0.353 e. The lowest BCUT2D eigenvalue weighted by Crippen LogP contribution is -2.25. The molecule has 2 aromatic rings. The van der Waals surface area contributed by atoms with E-state index < -0.39 is 0 Å². The van der Waals surface area contributed by atoms with E-state index in [2.05, 4.69) is 58.7 Å². The van der Waals surface area contributed by atoms with Crippen molar-refractivity contribution < 1.29 is 0 Å². The minimum atomic E-state index is 0.439. The zero-order valence-corrected chi connectivity index (χ0v) is 13.0. The van der Waals surface area contributed by atoms with Crippen LogP contribution in [0.5, 0.6) is 0 Å². The Bertz CT molecular complexity index is 524. The zero-order chi connectivity index (χ0) is 14.5. The molecule has 4 nitrogen and oxygen atoms in total. The second-order valence-corrected chi connectivity index (χ2v) is 5.67. The Balaban J connectivity index is 1.99. The van der Waals surface area contributed by atoms with Gasteiger partial charge in [-0.3, -0.25) is 0 Å². The minimum absolute atomic E-state index is 0.439. The summed E-state index contributed by atoms with van der Waals surface area (Å²) >= 11 is 0. The molecule has 0 aliphatic carbocycles. The van der Waals surface area contributed by atoms with Gasteiger partial charge in [-0.15, -0.1) is 0 Å². The molecular weight excluding hydrogens is 248 g/mol. The first-order chi connectivity index (χ1) is 9.61. The molecule has 0 spiro atoms. The van der Waals surface area contributed by atoms with E-state index in [1.54, 1.807) is 0 Å². The van der Waals surface area contributed by atoms with Crippen molar-refractivity contribution in [3.05, 3.63) is 42.2 Å². The maximum atomic E-state index is 4.37. The van der Waals surface area contributed by atoms with Gasteiger partial charge in [0.25, 0.3) is 0 Å². The number of aromatic nitrogens is 3. The lowest BCUT2D eigenvalue weighted by molar-refractivity contribution is 0.421. The Labute approximate surface area is 121 Å². The summed E-state index contributed by atoms with van der Waals surface area (Å²) in [6.45, 7) is 8.66. The molecule has 0 saturated carbocycles. The molecule has 0 saturated heterocycles. The Morgan fingerprint density at radius 3 is 2.70 bits per heavy atom. The van der Waals surface area contributed by atoms with E-state index in [1.165, 1.54) is 5.56 Å². The first kappa shape index (κ1) is 14.9. The molecule has 4 heteroatoms. The standard InChI is InChI=1S/C16H26N4/c1-5-17-16(13(2)3)14-6-9-20(12-14)10-7-15-18-8-11-19(15)4/h6,8-9,11-13,16-17H,5,7,10H2,1-4H3. The first-order valence-electron chi connectivity index (χ1n) is 7.47. The summed E-state index contributed by atoms with van der Waals surface area (Å²) < 4.78 is 4.34. The van der Waals surface area contributed by atoms with Gasteiger partial charge in [0.1, 0.15) is 5.82 Å². The summed E-state index contributed by atoms with van der Waals surface area (Å²) in [5, 5.41) is 3.56. The van der Waals surface area contributed by atoms with Crippen LogP contribution >= 0.6 is 0 Å². The number of hydrogen-bond acceptors (Lipinski definition) is 2. The Morgan fingerprint density at radius 2 is 2.10 bits per heavy atom. The van der Waals surface area contributed by atoms with Crippen molar-refractivity contribution in [3.8, 4) is 0 Å². The highest BCUT2D eigenvalue weighted by Crippen LogP contribution is 2.21. The van der Waals surface area contributed by atoms with E-state index in [4.69, 9.17) is 0 Å². The Hall–Kier alpha value is -1.55. The van der Waals surface area contributed by atoms with Crippen LogP contribution < -0.4 is 5.32 Å². The quantitative estimate of drug-likeness (QED) is 0.842. The number of aryl methyl sites for hydroxylation is 3. The van der Waals surface area contributed by atoms with Crippen LogP contribution in [0.2, 0.25) is 0 Å². The summed E-state index contributed by atoms with van der Waals surface area (Å²) in [6.07, 6.45) is 9.25. The van der Waals surface area contributed by atoms with Gasteiger partial charge in [0.2, 0.25) is 0 Å². The maximum absolute atomic E-state index is 4.37. The van der Waals surface area contributed by atoms with Crippen molar-refractivity contribution in [2.24, 2.45) is 13.0 Å². The van der Waals surface area contributed by atoms with Crippen LogP contribution in [-0.2, 0) is 20.0 Å². The molecule has 1 unspecified atom stereocenters. The molecule has 20 heavy (non-hydrogen) atoms. The van der Waals surface area contributed by atoms with Crippen LogP contribution in [0.1, 0.15) is 38.2 Å². The normalized spacial score (nSPS) is 13.1. The Kier molecular flexibility index (Phi) is 5.01. The van der Waals surface area contributed by atoms with Gasteiger partial charge >= 0.3 is 0 Å². The van der Waals surface area contributed by atoms with Crippen LogP contribution in [0.15, 0.2) is 30.9 Å². The average molecular weight is 274 g/mol. The SMILES string of the molecule is CCNC(c1ccn(CCc2nccn2C)c1)C(C)C. The van der Waals surface area contributed by atoms with E-state index in [-0.39, 0.29) is 0 Å². The fraction of sp³-hybridized carbons (Fsp3) is 0.562. The van der Waals surface area contributed by atoms with Crippen LogP contribution in [0.4, 0.5) is 0 Å². The molecule has 0 aromatic carbocycles. The van der Waals surface area contributed by atoms with E-state index >= 15 is 0 Å². The van der Waals surface area contributed by atoms with Gasteiger partial charge in [-0.25, -0.2) is 4.98 Å². The van der Waals surface area contributed by atoms with Crippen molar-refractivity contribution in [2.75, 3.05) is 6.54 Å². The molecule has 0 aliphatic rings. The van der Waals surface area contributed by atoms with Crippen LogP contribution in [0.25, 0.3) is 0 Å². The minimum Gasteiger partial charge on any atom is -0.353 e. The van der Waals surface area contributed by atoms with Gasteiger partial charge in [0, 0.05) is 50.8 Å². The molecule has 0 radical (unpaired) electrons. The van der Waals surface area contributed by atoms with Crippen molar-refractivity contribution in [1.29, 1.82) is 0 Å². The summed E-state index contributed by atoms with van der Waals surface area (Å²) in [4.78, 5) is 4.37. The van der Waals surface area contributed by atoms with Crippen molar-refractivity contribution >= 4 is 0 Å². The molecule has 110 valence electrons. The summed E-state index contributed by atoms with van der Waals surface area (Å²) in [5.74, 6) is 1.73. The molecule has 1 atom stereocenters. The van der Waals surface area contributed by atoms with Crippen molar-refractivity contribution in [1.82, 2.24) is 19.4 Å². The maximum Gasteiger partial charge on any atom is 0.110 e. The van der Waals surface area contributed by atoms with E-state index in [0.717, 1.165) is 25.3 Å². The molecule has 0 amide bonds.